The van der Waals surface area contributed by atoms with Gasteiger partial charge in [-0.25, -0.2) is 4.39 Å². The molecule has 1 N–H and O–H groups in total. The fraction of sp³-hybridized carbons (Fsp3) is 0.143. The molecule has 0 amide bonds. The molecule has 0 aliphatic carbocycles. The Morgan fingerprint density at radius 2 is 2.18 bits per heavy atom. The van der Waals surface area contributed by atoms with Crippen LogP contribution < -0.4 is 5.30 Å². The van der Waals surface area contributed by atoms with Gasteiger partial charge in [-0.15, -0.1) is 0 Å². The first-order valence-electron chi connectivity index (χ1n) is 3.06. The van der Waals surface area contributed by atoms with Gasteiger partial charge >= 0.3 is 0 Å². The van der Waals surface area contributed by atoms with Gasteiger partial charge in [0.15, 0.2) is 0 Å². The van der Waals surface area contributed by atoms with E-state index in [1.54, 1.807) is 0 Å². The molecule has 60 valence electrons. The summed E-state index contributed by atoms with van der Waals surface area (Å²) in [5, 5.41) is 0.150. The number of halogens is 1. The van der Waals surface area contributed by atoms with Crippen LogP contribution in [0.3, 0.4) is 0 Å². The quantitative estimate of drug-likeness (QED) is 0.652. The summed E-state index contributed by atoms with van der Waals surface area (Å²) in [6.07, 6.45) is 0. The van der Waals surface area contributed by atoms with Crippen molar-refractivity contribution in [2.45, 2.75) is 0 Å². The van der Waals surface area contributed by atoms with Gasteiger partial charge in [0.25, 0.3) is 0 Å². The Morgan fingerprint density at radius 1 is 1.55 bits per heavy atom. The number of benzene rings is 1. The summed E-state index contributed by atoms with van der Waals surface area (Å²) < 4.78 is 23.4. The molecule has 0 aliphatic rings. The molecule has 1 aromatic carbocycles. The zero-order chi connectivity index (χ0) is 8.48. The molecule has 1 unspecified atom stereocenters. The highest BCUT2D eigenvalue weighted by Gasteiger charge is 2.13. The third kappa shape index (κ3) is 2.14. The van der Waals surface area contributed by atoms with Crippen molar-refractivity contribution in [1.29, 1.82) is 0 Å². The van der Waals surface area contributed by atoms with E-state index in [1.807, 2.05) is 0 Å². The lowest BCUT2D eigenvalue weighted by atomic mass is 10.4. The van der Waals surface area contributed by atoms with Crippen LogP contribution in [0.15, 0.2) is 24.3 Å². The van der Waals surface area contributed by atoms with E-state index < -0.39 is 13.2 Å². The van der Waals surface area contributed by atoms with Crippen LogP contribution in [0.5, 0.6) is 0 Å². The maximum Gasteiger partial charge on any atom is 0.226 e. The van der Waals surface area contributed by atoms with Crippen molar-refractivity contribution in [2.24, 2.45) is 0 Å². The second kappa shape index (κ2) is 2.76. The Labute approximate surface area is 64.1 Å². The average molecular weight is 174 g/mol. The monoisotopic (exact) mass is 174 g/mol. The third-order valence-electron chi connectivity index (χ3n) is 1.29. The van der Waals surface area contributed by atoms with Gasteiger partial charge in [-0.1, -0.05) is 6.07 Å². The third-order valence-corrected chi connectivity index (χ3v) is 2.52. The van der Waals surface area contributed by atoms with E-state index in [0.29, 0.717) is 0 Å². The summed E-state index contributed by atoms with van der Waals surface area (Å²) in [6, 6.07) is 5.15. The van der Waals surface area contributed by atoms with Crippen LogP contribution in [-0.2, 0) is 4.57 Å². The van der Waals surface area contributed by atoms with E-state index in [2.05, 4.69) is 0 Å². The molecule has 0 saturated carbocycles. The minimum absolute atomic E-state index is 0.150. The van der Waals surface area contributed by atoms with Gasteiger partial charge in [-0.05, 0) is 18.2 Å². The van der Waals surface area contributed by atoms with Gasteiger partial charge in [0.1, 0.15) is 5.82 Å². The van der Waals surface area contributed by atoms with Gasteiger partial charge < -0.3 is 4.89 Å². The SMILES string of the molecule is CP(=O)(O)c1cccc(F)c1. The van der Waals surface area contributed by atoms with Crippen molar-refractivity contribution in [3.05, 3.63) is 30.1 Å². The van der Waals surface area contributed by atoms with Crippen molar-refractivity contribution < 1.29 is 13.8 Å². The number of hydrogen-bond donors (Lipinski definition) is 1. The van der Waals surface area contributed by atoms with Crippen LogP contribution in [0, 0.1) is 5.82 Å². The summed E-state index contributed by atoms with van der Waals surface area (Å²) in [6.45, 7) is 1.18. The molecule has 0 fully saturated rings. The van der Waals surface area contributed by atoms with Crippen molar-refractivity contribution in [2.75, 3.05) is 6.66 Å². The van der Waals surface area contributed by atoms with E-state index in [4.69, 9.17) is 4.89 Å². The lowest BCUT2D eigenvalue weighted by molar-refractivity contribution is 0.496. The largest absolute Gasteiger partial charge is 0.341 e. The van der Waals surface area contributed by atoms with Crippen LogP contribution in [0.2, 0.25) is 0 Å². The van der Waals surface area contributed by atoms with Crippen molar-refractivity contribution in [1.82, 2.24) is 0 Å². The predicted octanol–water partition coefficient (Wildman–Crippen LogP) is 1.35. The summed E-state index contributed by atoms with van der Waals surface area (Å²) in [5.41, 5.74) is 0. The van der Waals surface area contributed by atoms with E-state index in [9.17, 15) is 8.96 Å². The fourth-order valence-corrected chi connectivity index (χ4v) is 1.46. The molecule has 11 heavy (non-hydrogen) atoms. The van der Waals surface area contributed by atoms with E-state index in [-0.39, 0.29) is 5.30 Å². The first kappa shape index (κ1) is 8.44. The molecule has 4 heteroatoms. The Morgan fingerprint density at radius 3 is 2.55 bits per heavy atom. The highest BCUT2D eigenvalue weighted by molar-refractivity contribution is 7.65. The molecule has 0 spiro atoms. The molecule has 1 rings (SSSR count). The lowest BCUT2D eigenvalue weighted by Gasteiger charge is -2.03. The van der Waals surface area contributed by atoms with Gasteiger partial charge in [-0.3, -0.25) is 4.57 Å². The van der Waals surface area contributed by atoms with Gasteiger partial charge in [0, 0.05) is 12.0 Å². The zero-order valence-electron chi connectivity index (χ0n) is 5.99. The van der Waals surface area contributed by atoms with Gasteiger partial charge in [-0.2, -0.15) is 0 Å². The average Bonchev–Trinajstić information content (AvgIpc) is 1.86. The molecule has 1 atom stereocenters. The molecule has 2 nitrogen and oxygen atoms in total. The van der Waals surface area contributed by atoms with Crippen LogP contribution in [0.1, 0.15) is 0 Å². The Kier molecular flexibility index (Phi) is 2.12. The topological polar surface area (TPSA) is 37.3 Å². The van der Waals surface area contributed by atoms with Gasteiger partial charge in [0.2, 0.25) is 7.37 Å². The van der Waals surface area contributed by atoms with Crippen molar-refractivity contribution >= 4 is 12.7 Å². The van der Waals surface area contributed by atoms with Crippen LogP contribution in [0.4, 0.5) is 4.39 Å². The highest BCUT2D eigenvalue weighted by Crippen LogP contribution is 2.33. The highest BCUT2D eigenvalue weighted by atomic mass is 31.2. The number of rotatable bonds is 1. The molecular formula is C7H8FO2P. The molecule has 0 saturated heterocycles. The zero-order valence-corrected chi connectivity index (χ0v) is 6.88. The van der Waals surface area contributed by atoms with E-state index in [1.165, 1.54) is 24.9 Å². The molecule has 0 aromatic heterocycles. The second-order valence-corrected chi connectivity index (χ2v) is 4.63. The molecular weight excluding hydrogens is 166 g/mol. The Bertz CT molecular complexity index is 305. The van der Waals surface area contributed by atoms with Crippen molar-refractivity contribution in [3.8, 4) is 0 Å². The first-order chi connectivity index (χ1) is 5.00. The smallest absolute Gasteiger partial charge is 0.226 e. The first-order valence-corrected chi connectivity index (χ1v) is 5.17. The maximum atomic E-state index is 12.5. The summed E-state index contributed by atoms with van der Waals surface area (Å²) in [7, 11) is -3.29. The molecule has 0 bridgehead atoms. The minimum atomic E-state index is -3.29. The molecule has 0 radical (unpaired) electrons. The Balaban J connectivity index is 3.17. The normalized spacial score (nSPS) is 15.9. The fourth-order valence-electron chi connectivity index (χ4n) is 0.734. The second-order valence-electron chi connectivity index (χ2n) is 2.36. The molecule has 0 aliphatic heterocycles. The van der Waals surface area contributed by atoms with Gasteiger partial charge in [0.05, 0.1) is 0 Å². The number of hydrogen-bond acceptors (Lipinski definition) is 1. The van der Waals surface area contributed by atoms with Crippen molar-refractivity contribution in [3.63, 3.8) is 0 Å². The summed E-state index contributed by atoms with van der Waals surface area (Å²) in [5.74, 6) is -0.487. The lowest BCUT2D eigenvalue weighted by Crippen LogP contribution is -2.02. The minimum Gasteiger partial charge on any atom is -0.341 e. The summed E-state index contributed by atoms with van der Waals surface area (Å²) >= 11 is 0. The standard InChI is InChI=1S/C7H8FO2P/c1-11(9,10)7-4-2-3-6(8)5-7/h2-5H,1H3,(H,9,10). The van der Waals surface area contributed by atoms with E-state index >= 15 is 0 Å². The van der Waals surface area contributed by atoms with Crippen LogP contribution >= 0.6 is 7.37 Å². The van der Waals surface area contributed by atoms with E-state index in [0.717, 1.165) is 6.07 Å². The maximum absolute atomic E-state index is 12.5. The summed E-state index contributed by atoms with van der Waals surface area (Å²) in [4.78, 5) is 9.00. The predicted molar refractivity (Wildman–Crippen MR) is 41.8 cm³/mol. The van der Waals surface area contributed by atoms with Crippen LogP contribution in [0.25, 0.3) is 0 Å². The Hall–Kier alpha value is -0.660. The molecule has 0 heterocycles. The molecule has 1 aromatic rings. The van der Waals surface area contributed by atoms with Crippen LogP contribution in [-0.4, -0.2) is 11.6 Å².